The minimum Gasteiger partial charge on any atom is -0.480 e. The van der Waals surface area contributed by atoms with Crippen molar-refractivity contribution in [2.45, 2.75) is 51.2 Å². The minimum atomic E-state index is -1.17. The molecule has 0 aliphatic rings. The number of unbranched alkanes of at least 4 members (excludes halogenated alkanes) is 1. The van der Waals surface area contributed by atoms with E-state index in [1.165, 1.54) is 0 Å². The number of nitrogens with two attached hydrogens (primary N) is 2. The Bertz CT molecular complexity index is 514. The van der Waals surface area contributed by atoms with Gasteiger partial charge in [0.05, 0.1) is 13.2 Å². The van der Waals surface area contributed by atoms with Crippen molar-refractivity contribution in [3.63, 3.8) is 0 Å². The maximum Gasteiger partial charge on any atom is 0.326 e. The molecule has 0 saturated heterocycles. The number of hydrogen-bond donors (Lipinski definition) is 7. The lowest BCUT2D eigenvalue weighted by atomic mass is 10.0. The summed E-state index contributed by atoms with van der Waals surface area (Å²) in [4.78, 5) is 47.1. The van der Waals surface area contributed by atoms with E-state index in [4.69, 9.17) is 16.6 Å². The highest BCUT2D eigenvalue weighted by Gasteiger charge is 2.28. The van der Waals surface area contributed by atoms with Crippen LogP contribution in [0.4, 0.5) is 0 Å². The Morgan fingerprint density at radius 1 is 1.04 bits per heavy atom. The first-order chi connectivity index (χ1) is 12.6. The molecule has 0 spiro atoms. The quantitative estimate of drug-likeness (QED) is 0.165. The zero-order valence-electron chi connectivity index (χ0n) is 15.7. The zero-order chi connectivity index (χ0) is 21.0. The van der Waals surface area contributed by atoms with Gasteiger partial charge in [-0.1, -0.05) is 13.8 Å². The van der Waals surface area contributed by atoms with Gasteiger partial charge in [0.1, 0.15) is 18.1 Å². The topological polar surface area (TPSA) is 197 Å². The van der Waals surface area contributed by atoms with Gasteiger partial charge >= 0.3 is 5.97 Å². The lowest BCUT2D eigenvalue weighted by molar-refractivity contribution is -0.142. The van der Waals surface area contributed by atoms with Crippen LogP contribution in [0.15, 0.2) is 0 Å². The van der Waals surface area contributed by atoms with Crippen molar-refractivity contribution in [1.82, 2.24) is 16.0 Å². The fourth-order valence-corrected chi connectivity index (χ4v) is 2.15. The van der Waals surface area contributed by atoms with Crippen LogP contribution in [0.25, 0.3) is 0 Å². The number of aliphatic hydroxyl groups excluding tert-OH is 1. The third-order valence-electron chi connectivity index (χ3n) is 3.78. The standard InChI is InChI=1S/C16H31N5O6/c1-9(2)13(21-12(23)7-19-14(24)10(18)8-22)15(25)20-11(16(26)27)5-3-4-6-17/h9-11,13,22H,3-8,17-18H2,1-2H3,(H,19,24)(H,20,25)(H,21,23)(H,26,27). The van der Waals surface area contributed by atoms with Crippen molar-refractivity contribution < 1.29 is 29.4 Å². The molecular weight excluding hydrogens is 358 g/mol. The average molecular weight is 389 g/mol. The van der Waals surface area contributed by atoms with Crippen molar-refractivity contribution in [2.75, 3.05) is 19.7 Å². The molecule has 0 aromatic rings. The van der Waals surface area contributed by atoms with Crippen LogP contribution in [-0.2, 0) is 19.2 Å². The Labute approximate surface area is 158 Å². The van der Waals surface area contributed by atoms with Crippen molar-refractivity contribution in [1.29, 1.82) is 0 Å². The predicted octanol–water partition coefficient (Wildman–Crippen LogP) is -2.74. The number of carbonyl (C=O) groups is 4. The van der Waals surface area contributed by atoms with Gasteiger partial charge in [-0.15, -0.1) is 0 Å². The zero-order valence-corrected chi connectivity index (χ0v) is 15.7. The summed E-state index contributed by atoms with van der Waals surface area (Å²) in [7, 11) is 0. The van der Waals surface area contributed by atoms with Gasteiger partial charge in [-0.3, -0.25) is 14.4 Å². The summed E-state index contributed by atoms with van der Waals surface area (Å²) in [5.41, 5.74) is 10.7. The van der Waals surface area contributed by atoms with Gasteiger partial charge in [0.25, 0.3) is 0 Å². The molecule has 156 valence electrons. The molecule has 0 aromatic heterocycles. The highest BCUT2D eigenvalue weighted by molar-refractivity contribution is 5.92. The van der Waals surface area contributed by atoms with E-state index in [-0.39, 0.29) is 12.3 Å². The van der Waals surface area contributed by atoms with Gasteiger partial charge < -0.3 is 37.6 Å². The van der Waals surface area contributed by atoms with Crippen LogP contribution in [-0.4, -0.2) is 71.7 Å². The molecule has 0 aromatic carbocycles. The van der Waals surface area contributed by atoms with Crippen LogP contribution in [0, 0.1) is 5.92 Å². The first-order valence-electron chi connectivity index (χ1n) is 8.80. The molecule has 0 saturated carbocycles. The Balaban J connectivity index is 4.75. The van der Waals surface area contributed by atoms with E-state index >= 15 is 0 Å². The molecule has 3 atom stereocenters. The van der Waals surface area contributed by atoms with Crippen molar-refractivity contribution in [3.8, 4) is 0 Å². The molecular formula is C16H31N5O6. The highest BCUT2D eigenvalue weighted by Crippen LogP contribution is 2.05. The summed E-state index contributed by atoms with van der Waals surface area (Å²) in [6, 6.07) is -3.20. The lowest BCUT2D eigenvalue weighted by Gasteiger charge is -2.24. The Morgan fingerprint density at radius 2 is 1.67 bits per heavy atom. The van der Waals surface area contributed by atoms with Crippen LogP contribution in [0.1, 0.15) is 33.1 Å². The molecule has 0 heterocycles. The first-order valence-corrected chi connectivity index (χ1v) is 8.80. The van der Waals surface area contributed by atoms with E-state index in [9.17, 15) is 24.3 Å². The summed E-state index contributed by atoms with van der Waals surface area (Å²) < 4.78 is 0. The number of carboxylic acid groups (broad SMARTS) is 1. The van der Waals surface area contributed by atoms with Crippen molar-refractivity contribution in [3.05, 3.63) is 0 Å². The van der Waals surface area contributed by atoms with Crippen molar-refractivity contribution in [2.24, 2.45) is 17.4 Å². The SMILES string of the molecule is CC(C)C(NC(=O)CNC(=O)C(N)CO)C(=O)NC(CCCCN)C(=O)O. The molecule has 3 amide bonds. The molecule has 27 heavy (non-hydrogen) atoms. The number of aliphatic hydroxyl groups is 1. The second-order valence-corrected chi connectivity index (χ2v) is 6.48. The summed E-state index contributed by atoms with van der Waals surface area (Å²) in [6.07, 6.45) is 1.41. The number of amides is 3. The van der Waals surface area contributed by atoms with E-state index in [1.807, 2.05) is 0 Å². The van der Waals surface area contributed by atoms with E-state index in [0.717, 1.165) is 0 Å². The Morgan fingerprint density at radius 3 is 2.15 bits per heavy atom. The van der Waals surface area contributed by atoms with Crippen LogP contribution < -0.4 is 27.4 Å². The van der Waals surface area contributed by atoms with Gasteiger partial charge in [-0.25, -0.2) is 4.79 Å². The van der Waals surface area contributed by atoms with Crippen molar-refractivity contribution >= 4 is 23.7 Å². The summed E-state index contributed by atoms with van der Waals surface area (Å²) >= 11 is 0. The van der Waals surface area contributed by atoms with Crippen LogP contribution in [0.3, 0.4) is 0 Å². The Kier molecular flexibility index (Phi) is 11.9. The molecule has 0 radical (unpaired) electrons. The number of carboxylic acids is 1. The number of carbonyl (C=O) groups excluding carboxylic acids is 3. The Hall–Kier alpha value is -2.24. The molecule has 0 aliphatic heterocycles. The van der Waals surface area contributed by atoms with E-state index in [2.05, 4.69) is 16.0 Å². The van der Waals surface area contributed by atoms with Gasteiger partial charge in [0.15, 0.2) is 0 Å². The largest absolute Gasteiger partial charge is 0.480 e. The summed E-state index contributed by atoms with van der Waals surface area (Å²) in [5, 5.41) is 25.1. The van der Waals surface area contributed by atoms with Gasteiger partial charge in [-0.2, -0.15) is 0 Å². The first kappa shape index (κ1) is 24.8. The highest BCUT2D eigenvalue weighted by atomic mass is 16.4. The van der Waals surface area contributed by atoms with Crippen LogP contribution in [0.5, 0.6) is 0 Å². The van der Waals surface area contributed by atoms with Crippen LogP contribution >= 0.6 is 0 Å². The smallest absolute Gasteiger partial charge is 0.326 e. The maximum absolute atomic E-state index is 12.4. The summed E-state index contributed by atoms with van der Waals surface area (Å²) in [6.45, 7) is 2.81. The maximum atomic E-state index is 12.4. The molecule has 0 aliphatic carbocycles. The normalized spacial score (nSPS) is 14.1. The fraction of sp³-hybridized carbons (Fsp3) is 0.750. The summed E-state index contributed by atoms with van der Waals surface area (Å²) in [5.74, 6) is -3.46. The second kappa shape index (κ2) is 13.0. The van der Waals surface area contributed by atoms with Gasteiger partial charge in [-0.05, 0) is 31.7 Å². The molecule has 0 fully saturated rings. The minimum absolute atomic E-state index is 0.228. The average Bonchev–Trinajstić information content (AvgIpc) is 2.61. The van der Waals surface area contributed by atoms with Gasteiger partial charge in [0.2, 0.25) is 17.7 Å². The number of aliphatic carboxylic acids is 1. The van der Waals surface area contributed by atoms with Gasteiger partial charge in [0, 0.05) is 0 Å². The number of nitrogens with one attached hydrogen (secondary N) is 3. The van der Waals surface area contributed by atoms with E-state index < -0.39 is 55.0 Å². The number of hydrogen-bond acceptors (Lipinski definition) is 7. The van der Waals surface area contributed by atoms with Crippen LogP contribution in [0.2, 0.25) is 0 Å². The van der Waals surface area contributed by atoms with E-state index in [0.29, 0.717) is 19.4 Å². The molecule has 3 unspecified atom stereocenters. The molecule has 9 N–H and O–H groups in total. The lowest BCUT2D eigenvalue weighted by Crippen LogP contribution is -2.55. The second-order valence-electron chi connectivity index (χ2n) is 6.48. The predicted molar refractivity (Wildman–Crippen MR) is 97.3 cm³/mol. The molecule has 0 rings (SSSR count). The third kappa shape index (κ3) is 9.87. The molecule has 0 bridgehead atoms. The number of rotatable bonds is 13. The fourth-order valence-electron chi connectivity index (χ4n) is 2.15. The molecule has 11 nitrogen and oxygen atoms in total. The third-order valence-corrected chi connectivity index (χ3v) is 3.78. The monoisotopic (exact) mass is 389 g/mol. The molecule has 11 heteroatoms. The van der Waals surface area contributed by atoms with E-state index in [1.54, 1.807) is 13.8 Å².